The third kappa shape index (κ3) is 1.77. The van der Waals surface area contributed by atoms with Crippen LogP contribution in [0.25, 0.3) is 0 Å². The summed E-state index contributed by atoms with van der Waals surface area (Å²) >= 11 is 0. The Morgan fingerprint density at radius 3 is 2.06 bits per heavy atom. The Bertz CT molecular complexity index is 302. The Morgan fingerprint density at radius 2 is 1.47 bits per heavy atom. The van der Waals surface area contributed by atoms with E-state index in [1.54, 1.807) is 0 Å². The predicted molar refractivity (Wildman–Crippen MR) is 57.1 cm³/mol. The summed E-state index contributed by atoms with van der Waals surface area (Å²) in [6, 6.07) is 0. The summed E-state index contributed by atoms with van der Waals surface area (Å²) < 4.78 is 22.8. The fraction of sp³-hybridized carbons (Fsp3) is 0.917. The van der Waals surface area contributed by atoms with Crippen LogP contribution in [0.2, 0.25) is 0 Å². The molecule has 0 bridgehead atoms. The minimum Gasteiger partial charge on any atom is -0.425 e. The smallest absolute Gasteiger partial charge is 0.334 e. The summed E-state index contributed by atoms with van der Waals surface area (Å²) in [5.41, 5.74) is 0. The average Bonchev–Trinajstić information content (AvgIpc) is 2.37. The van der Waals surface area contributed by atoms with Gasteiger partial charge >= 0.3 is 5.97 Å². The molecule has 17 heavy (non-hydrogen) atoms. The lowest BCUT2D eigenvalue weighted by atomic mass is 9.90. The summed E-state index contributed by atoms with van der Waals surface area (Å²) in [6.07, 6.45) is 5.41. The van der Waals surface area contributed by atoms with E-state index in [0.717, 1.165) is 32.1 Å². The van der Waals surface area contributed by atoms with Crippen LogP contribution in [-0.4, -0.2) is 37.4 Å². The van der Waals surface area contributed by atoms with Crippen LogP contribution in [0.3, 0.4) is 0 Å². The van der Waals surface area contributed by atoms with Gasteiger partial charge in [-0.05, 0) is 25.7 Å². The van der Waals surface area contributed by atoms with Gasteiger partial charge in [0.2, 0.25) is 5.79 Å². The quantitative estimate of drug-likeness (QED) is 0.600. The number of hydrogen-bond donors (Lipinski definition) is 0. The second kappa shape index (κ2) is 4.23. The van der Waals surface area contributed by atoms with Crippen molar-refractivity contribution < 1.29 is 23.7 Å². The Hall–Kier alpha value is -0.650. The molecule has 3 fully saturated rings. The van der Waals surface area contributed by atoms with Crippen LogP contribution >= 0.6 is 0 Å². The van der Waals surface area contributed by atoms with E-state index in [1.165, 1.54) is 0 Å². The molecule has 5 heteroatoms. The summed E-state index contributed by atoms with van der Waals surface area (Å²) in [4.78, 5) is 11.5. The molecule has 3 rings (SSSR count). The normalized spacial score (nSPS) is 42.7. The van der Waals surface area contributed by atoms with Crippen LogP contribution in [0.4, 0.5) is 0 Å². The molecule has 3 aliphatic heterocycles. The number of esters is 1. The molecular formula is C12H18O5. The minimum atomic E-state index is -0.999. The van der Waals surface area contributed by atoms with E-state index in [-0.39, 0.29) is 12.6 Å². The van der Waals surface area contributed by atoms with E-state index in [4.69, 9.17) is 18.9 Å². The molecule has 2 spiro atoms. The van der Waals surface area contributed by atoms with Gasteiger partial charge < -0.3 is 18.9 Å². The van der Waals surface area contributed by atoms with E-state index in [9.17, 15) is 4.79 Å². The van der Waals surface area contributed by atoms with Crippen molar-refractivity contribution in [1.82, 2.24) is 0 Å². The topological polar surface area (TPSA) is 54.0 Å². The lowest BCUT2D eigenvalue weighted by molar-refractivity contribution is -0.431. The second-order valence-electron chi connectivity index (χ2n) is 4.88. The highest BCUT2D eigenvalue weighted by Crippen LogP contribution is 2.46. The first-order valence-electron chi connectivity index (χ1n) is 6.40. The molecule has 0 aromatic carbocycles. The van der Waals surface area contributed by atoms with Crippen LogP contribution < -0.4 is 0 Å². The first kappa shape index (κ1) is 11.4. The molecule has 0 radical (unpaired) electrons. The van der Waals surface area contributed by atoms with E-state index >= 15 is 0 Å². The van der Waals surface area contributed by atoms with Crippen LogP contribution in [0.15, 0.2) is 0 Å². The Labute approximate surface area is 100 Å². The third-order valence-corrected chi connectivity index (χ3v) is 3.75. The average molecular weight is 242 g/mol. The van der Waals surface area contributed by atoms with Crippen LogP contribution in [0.1, 0.15) is 38.5 Å². The Balaban J connectivity index is 1.90. The van der Waals surface area contributed by atoms with Crippen molar-refractivity contribution in [2.75, 3.05) is 19.8 Å². The van der Waals surface area contributed by atoms with Crippen LogP contribution in [0.5, 0.6) is 0 Å². The fourth-order valence-corrected chi connectivity index (χ4v) is 2.91. The van der Waals surface area contributed by atoms with Crippen molar-refractivity contribution >= 4 is 5.97 Å². The molecule has 0 aromatic rings. The highest BCUT2D eigenvalue weighted by molar-refractivity contribution is 5.72. The lowest BCUT2D eigenvalue weighted by Gasteiger charge is -2.52. The maximum Gasteiger partial charge on any atom is 0.334 e. The fourth-order valence-electron chi connectivity index (χ4n) is 2.91. The molecular weight excluding hydrogens is 224 g/mol. The molecule has 3 saturated heterocycles. The number of fused-ring (bicyclic) bond motifs is 1. The maximum atomic E-state index is 11.5. The van der Waals surface area contributed by atoms with Crippen LogP contribution in [-0.2, 0) is 23.7 Å². The summed E-state index contributed by atoms with van der Waals surface area (Å²) in [7, 11) is 0. The molecule has 0 saturated carbocycles. The third-order valence-electron chi connectivity index (χ3n) is 3.75. The predicted octanol–water partition coefficient (Wildman–Crippen LogP) is 1.35. The zero-order valence-corrected chi connectivity index (χ0v) is 9.91. The van der Waals surface area contributed by atoms with Gasteiger partial charge in [0, 0.05) is 12.8 Å². The summed E-state index contributed by atoms with van der Waals surface area (Å²) in [6.45, 7) is 1.20. The van der Waals surface area contributed by atoms with Gasteiger partial charge in [0.25, 0.3) is 5.79 Å². The SMILES string of the molecule is O=C1CO[C@@]2(CCCCO2)[C@]2(CCCCO2)O1. The highest BCUT2D eigenvalue weighted by atomic mass is 16.8. The molecule has 0 N–H and O–H groups in total. The van der Waals surface area contributed by atoms with Crippen molar-refractivity contribution in [3.63, 3.8) is 0 Å². The second-order valence-corrected chi connectivity index (χ2v) is 4.88. The van der Waals surface area contributed by atoms with Gasteiger partial charge in [-0.25, -0.2) is 4.79 Å². The zero-order chi connectivity index (χ0) is 11.8. The van der Waals surface area contributed by atoms with Gasteiger partial charge in [0.1, 0.15) is 6.61 Å². The van der Waals surface area contributed by atoms with E-state index in [1.807, 2.05) is 0 Å². The molecule has 3 aliphatic rings. The van der Waals surface area contributed by atoms with Gasteiger partial charge in [-0.2, -0.15) is 0 Å². The molecule has 5 nitrogen and oxygen atoms in total. The summed E-state index contributed by atoms with van der Waals surface area (Å²) in [5.74, 6) is -2.22. The first-order valence-corrected chi connectivity index (χ1v) is 6.40. The largest absolute Gasteiger partial charge is 0.425 e. The standard InChI is InChI=1S/C12H18O5/c13-10-9-16-11(5-1-3-7-14-11)12(17-10)6-2-4-8-15-12/h1-9H2/t11-,12-/m0/s1. The van der Waals surface area contributed by atoms with E-state index < -0.39 is 11.6 Å². The molecule has 0 aromatic heterocycles. The van der Waals surface area contributed by atoms with E-state index in [2.05, 4.69) is 0 Å². The highest BCUT2D eigenvalue weighted by Gasteiger charge is 2.62. The number of hydrogen-bond acceptors (Lipinski definition) is 5. The number of carbonyl (C=O) groups excluding carboxylic acids is 1. The van der Waals surface area contributed by atoms with E-state index in [0.29, 0.717) is 19.6 Å². The van der Waals surface area contributed by atoms with Gasteiger partial charge in [0.05, 0.1) is 13.2 Å². The van der Waals surface area contributed by atoms with Crippen molar-refractivity contribution in [2.45, 2.75) is 50.1 Å². The van der Waals surface area contributed by atoms with Gasteiger partial charge in [0.15, 0.2) is 0 Å². The molecule has 0 aliphatic carbocycles. The first-order chi connectivity index (χ1) is 8.27. The summed E-state index contributed by atoms with van der Waals surface area (Å²) in [5, 5.41) is 0. The van der Waals surface area contributed by atoms with Gasteiger partial charge in [-0.3, -0.25) is 0 Å². The van der Waals surface area contributed by atoms with Crippen molar-refractivity contribution in [3.05, 3.63) is 0 Å². The lowest BCUT2D eigenvalue weighted by Crippen LogP contribution is -2.67. The Morgan fingerprint density at radius 1 is 0.824 bits per heavy atom. The molecule has 0 amide bonds. The zero-order valence-electron chi connectivity index (χ0n) is 9.91. The molecule has 0 unspecified atom stereocenters. The van der Waals surface area contributed by atoms with Gasteiger partial charge in [-0.15, -0.1) is 0 Å². The van der Waals surface area contributed by atoms with Gasteiger partial charge in [-0.1, -0.05) is 0 Å². The molecule has 2 atom stereocenters. The Kier molecular flexibility index (Phi) is 2.84. The van der Waals surface area contributed by atoms with Crippen molar-refractivity contribution in [3.8, 4) is 0 Å². The van der Waals surface area contributed by atoms with Crippen molar-refractivity contribution in [1.29, 1.82) is 0 Å². The molecule has 96 valence electrons. The minimum absolute atomic E-state index is 0.0366. The van der Waals surface area contributed by atoms with Crippen molar-refractivity contribution in [2.24, 2.45) is 0 Å². The number of carbonyl (C=O) groups is 1. The monoisotopic (exact) mass is 242 g/mol. The maximum absolute atomic E-state index is 11.5. The number of rotatable bonds is 0. The number of ether oxygens (including phenoxy) is 4. The molecule has 3 heterocycles. The van der Waals surface area contributed by atoms with Crippen LogP contribution in [0, 0.1) is 0 Å².